The smallest absolute Gasteiger partial charge is 0.325 e. The molecule has 0 aromatic heterocycles. The van der Waals surface area contributed by atoms with E-state index in [0.717, 1.165) is 4.90 Å². The molecule has 1 saturated heterocycles. The van der Waals surface area contributed by atoms with Gasteiger partial charge in [0.2, 0.25) is 0 Å². The second-order valence-electron chi connectivity index (χ2n) is 6.16. The maximum Gasteiger partial charge on any atom is 0.325 e. The molecule has 7 heteroatoms. The maximum absolute atomic E-state index is 13.7. The Morgan fingerprint density at radius 3 is 2.82 bits per heavy atom. The van der Waals surface area contributed by atoms with Crippen LogP contribution >= 0.6 is 15.9 Å². The minimum absolute atomic E-state index is 0.250. The first-order valence-corrected chi connectivity index (χ1v) is 8.10. The minimum Gasteiger partial charge on any atom is -0.487 e. The van der Waals surface area contributed by atoms with Gasteiger partial charge in [-0.25, -0.2) is 9.18 Å². The fraction of sp³-hybridized carbons (Fsp3) is 0.467. The Bertz CT molecular complexity index is 664. The number of rotatable bonds is 2. The van der Waals surface area contributed by atoms with Crippen LogP contribution in [0.2, 0.25) is 0 Å². The first-order valence-electron chi connectivity index (χ1n) is 6.98. The van der Waals surface area contributed by atoms with Crippen LogP contribution in [0.4, 0.5) is 9.18 Å². The van der Waals surface area contributed by atoms with E-state index in [1.807, 2.05) is 13.8 Å². The van der Waals surface area contributed by atoms with Gasteiger partial charge in [-0.2, -0.15) is 0 Å². The molecule has 2 aliphatic heterocycles. The van der Waals surface area contributed by atoms with Gasteiger partial charge in [0.1, 0.15) is 17.2 Å². The number of carbonyl (C=O) groups is 2. The summed E-state index contributed by atoms with van der Waals surface area (Å²) < 4.78 is 19.5. The summed E-state index contributed by atoms with van der Waals surface area (Å²) in [6.45, 7) is 3.94. The molecule has 1 spiro atoms. The summed E-state index contributed by atoms with van der Waals surface area (Å²) in [5, 5.41) is 3.25. The van der Waals surface area contributed by atoms with Crippen LogP contribution in [0.25, 0.3) is 0 Å². The molecule has 118 valence electrons. The molecule has 0 aliphatic carbocycles. The predicted molar refractivity (Wildman–Crippen MR) is 81.4 cm³/mol. The molecule has 1 aromatic rings. The number of fused-ring (bicyclic) bond motifs is 2. The average Bonchev–Trinajstić information content (AvgIpc) is 2.64. The number of benzene rings is 1. The normalized spacial score (nSPS) is 25.9. The van der Waals surface area contributed by atoms with Crippen molar-refractivity contribution in [3.63, 3.8) is 0 Å². The van der Waals surface area contributed by atoms with Crippen molar-refractivity contribution in [1.29, 1.82) is 0 Å². The number of alkyl halides is 1. The summed E-state index contributed by atoms with van der Waals surface area (Å²) in [5.41, 5.74) is -1.54. The quantitative estimate of drug-likeness (QED) is 0.642. The van der Waals surface area contributed by atoms with E-state index in [0.29, 0.717) is 16.6 Å². The van der Waals surface area contributed by atoms with E-state index in [2.05, 4.69) is 21.2 Å². The van der Waals surface area contributed by atoms with Gasteiger partial charge in [0.25, 0.3) is 5.91 Å². The second kappa shape index (κ2) is 4.94. The number of ether oxygens (including phenoxy) is 1. The van der Waals surface area contributed by atoms with Gasteiger partial charge in [-0.1, -0.05) is 15.9 Å². The third-order valence-corrected chi connectivity index (χ3v) is 4.32. The minimum atomic E-state index is -1.27. The molecule has 1 aromatic carbocycles. The number of hydrogen-bond donors (Lipinski definition) is 1. The molecule has 0 radical (unpaired) electrons. The van der Waals surface area contributed by atoms with Crippen LogP contribution in [0, 0.1) is 5.82 Å². The lowest BCUT2D eigenvalue weighted by molar-refractivity contribution is -0.134. The third-order valence-electron chi connectivity index (χ3n) is 3.96. The summed E-state index contributed by atoms with van der Waals surface area (Å²) in [5.74, 6) is -0.408. The molecule has 0 saturated carbocycles. The van der Waals surface area contributed by atoms with Crippen molar-refractivity contribution in [3.8, 4) is 5.75 Å². The Morgan fingerprint density at radius 2 is 2.14 bits per heavy atom. The van der Waals surface area contributed by atoms with E-state index in [9.17, 15) is 14.0 Å². The molecular weight excluding hydrogens is 355 g/mol. The highest BCUT2D eigenvalue weighted by Gasteiger charge is 2.58. The molecule has 1 fully saturated rings. The highest BCUT2D eigenvalue weighted by molar-refractivity contribution is 9.09. The van der Waals surface area contributed by atoms with Gasteiger partial charge < -0.3 is 10.1 Å². The Kier molecular flexibility index (Phi) is 3.43. The first-order chi connectivity index (χ1) is 10.3. The zero-order valence-electron chi connectivity index (χ0n) is 12.3. The van der Waals surface area contributed by atoms with Gasteiger partial charge in [-0.3, -0.25) is 9.69 Å². The molecule has 3 rings (SSSR count). The lowest BCUT2D eigenvalue weighted by atomic mass is 9.77. The van der Waals surface area contributed by atoms with Gasteiger partial charge in [0, 0.05) is 23.9 Å². The van der Waals surface area contributed by atoms with E-state index < -0.39 is 23.0 Å². The van der Waals surface area contributed by atoms with E-state index in [-0.39, 0.29) is 18.9 Å². The lowest BCUT2D eigenvalue weighted by Gasteiger charge is -2.42. The Hall–Kier alpha value is -1.63. The van der Waals surface area contributed by atoms with Crippen LogP contribution in [-0.4, -0.2) is 34.3 Å². The van der Waals surface area contributed by atoms with E-state index in [1.165, 1.54) is 18.2 Å². The van der Waals surface area contributed by atoms with Crippen LogP contribution < -0.4 is 10.1 Å². The number of urea groups is 1. The summed E-state index contributed by atoms with van der Waals surface area (Å²) in [6.07, 6.45) is 0.250. The Balaban J connectivity index is 2.16. The summed E-state index contributed by atoms with van der Waals surface area (Å²) in [7, 11) is 0. The van der Waals surface area contributed by atoms with Crippen molar-refractivity contribution >= 4 is 27.9 Å². The number of amides is 3. The van der Waals surface area contributed by atoms with Crippen LogP contribution in [0.5, 0.6) is 5.75 Å². The van der Waals surface area contributed by atoms with E-state index >= 15 is 0 Å². The van der Waals surface area contributed by atoms with Crippen LogP contribution in [0.15, 0.2) is 18.2 Å². The van der Waals surface area contributed by atoms with Gasteiger partial charge >= 0.3 is 6.03 Å². The molecule has 2 heterocycles. The first kappa shape index (κ1) is 15.3. The number of nitrogens with one attached hydrogen (secondary N) is 1. The van der Waals surface area contributed by atoms with Crippen molar-refractivity contribution in [1.82, 2.24) is 10.2 Å². The van der Waals surface area contributed by atoms with Crippen LogP contribution in [0.3, 0.4) is 0 Å². The summed E-state index contributed by atoms with van der Waals surface area (Å²) >= 11 is 3.23. The van der Waals surface area contributed by atoms with Gasteiger partial charge in [-0.15, -0.1) is 0 Å². The highest BCUT2D eigenvalue weighted by Crippen LogP contribution is 2.46. The lowest BCUT2D eigenvalue weighted by Crippen LogP contribution is -2.53. The van der Waals surface area contributed by atoms with Crippen molar-refractivity contribution in [2.45, 2.75) is 31.4 Å². The highest BCUT2D eigenvalue weighted by atomic mass is 79.9. The van der Waals surface area contributed by atoms with E-state index in [4.69, 9.17) is 4.74 Å². The zero-order chi connectivity index (χ0) is 16.1. The molecule has 3 amide bonds. The average molecular weight is 371 g/mol. The number of hydrogen-bond acceptors (Lipinski definition) is 3. The molecule has 1 unspecified atom stereocenters. The molecule has 22 heavy (non-hydrogen) atoms. The third kappa shape index (κ3) is 2.18. The number of carbonyl (C=O) groups excluding carboxylic acids is 2. The molecular formula is C15H16BrFN2O3. The topological polar surface area (TPSA) is 58.6 Å². The molecule has 5 nitrogen and oxygen atoms in total. The largest absolute Gasteiger partial charge is 0.487 e. The van der Waals surface area contributed by atoms with Crippen molar-refractivity contribution < 1.29 is 18.7 Å². The fourth-order valence-electron chi connectivity index (χ4n) is 3.21. The van der Waals surface area contributed by atoms with Crippen molar-refractivity contribution in [2.24, 2.45) is 0 Å². The summed E-state index contributed by atoms with van der Waals surface area (Å²) in [6, 6.07) is 3.59. The molecule has 0 bridgehead atoms. The maximum atomic E-state index is 13.7. The summed E-state index contributed by atoms with van der Waals surface area (Å²) in [4.78, 5) is 26.2. The number of imide groups is 1. The van der Waals surface area contributed by atoms with Crippen LogP contribution in [0.1, 0.15) is 25.8 Å². The Morgan fingerprint density at radius 1 is 1.41 bits per heavy atom. The number of nitrogens with zero attached hydrogens (tertiary/aromatic N) is 1. The Labute approximate surface area is 135 Å². The standard InChI is InChI=1S/C15H16BrFN2O3/c1-14(2)8-15(10-7-9(17)3-4-11(10)22-14)12(20)19(6-5-16)13(21)18-15/h3-4,7H,5-6,8H2,1-2H3,(H,18,21). The van der Waals surface area contributed by atoms with Gasteiger partial charge in [0.05, 0.1) is 0 Å². The predicted octanol–water partition coefficient (Wildman–Crippen LogP) is 2.53. The van der Waals surface area contributed by atoms with E-state index in [1.54, 1.807) is 0 Å². The van der Waals surface area contributed by atoms with Crippen molar-refractivity contribution in [2.75, 3.05) is 11.9 Å². The van der Waals surface area contributed by atoms with Crippen LogP contribution in [-0.2, 0) is 10.3 Å². The zero-order valence-corrected chi connectivity index (χ0v) is 13.9. The molecule has 1 atom stereocenters. The van der Waals surface area contributed by atoms with Gasteiger partial charge in [0.15, 0.2) is 5.54 Å². The monoisotopic (exact) mass is 370 g/mol. The SMILES string of the molecule is CC1(C)CC2(NC(=O)N(CCBr)C2=O)c2cc(F)ccc2O1. The fourth-order valence-corrected chi connectivity index (χ4v) is 3.56. The van der Waals surface area contributed by atoms with Gasteiger partial charge in [-0.05, 0) is 32.0 Å². The van der Waals surface area contributed by atoms with Crippen molar-refractivity contribution in [3.05, 3.63) is 29.6 Å². The second-order valence-corrected chi connectivity index (χ2v) is 6.95. The number of halogens is 2. The molecule has 2 aliphatic rings. The molecule has 1 N–H and O–H groups in total.